The van der Waals surface area contributed by atoms with Crippen molar-refractivity contribution in [2.24, 2.45) is 0 Å². The summed E-state index contributed by atoms with van der Waals surface area (Å²) in [5, 5.41) is 11.4. The van der Waals surface area contributed by atoms with Crippen LogP contribution in [0.2, 0.25) is 5.02 Å². The maximum atomic E-state index is 12.7. The van der Waals surface area contributed by atoms with Gasteiger partial charge in [-0.2, -0.15) is 5.10 Å². The number of aromatic nitrogens is 4. The Balaban J connectivity index is 2.16. The molecule has 1 N–H and O–H groups in total. The predicted molar refractivity (Wildman–Crippen MR) is 90.0 cm³/mol. The van der Waals surface area contributed by atoms with Gasteiger partial charge in [0, 0.05) is 11.4 Å². The molecule has 12 heteroatoms. The molecule has 134 valence electrons. The van der Waals surface area contributed by atoms with Gasteiger partial charge in [0.1, 0.15) is 0 Å². The third-order valence-corrected chi connectivity index (χ3v) is 5.97. The molecule has 0 aliphatic rings. The van der Waals surface area contributed by atoms with E-state index in [0.29, 0.717) is 22.2 Å². The lowest BCUT2D eigenvalue weighted by atomic mass is 10.2. The third-order valence-electron chi connectivity index (χ3n) is 3.11. The topological polar surface area (TPSA) is 89.8 Å². The van der Waals surface area contributed by atoms with Crippen LogP contribution >= 0.6 is 22.9 Å². The molecule has 0 atom stereocenters. The molecule has 3 rings (SSSR count). The molecule has 1 aromatic carbocycles. The van der Waals surface area contributed by atoms with Gasteiger partial charge in [0.25, 0.3) is 6.43 Å². The van der Waals surface area contributed by atoms with Crippen molar-refractivity contribution in [3.63, 3.8) is 0 Å². The molecule has 0 amide bonds. The van der Waals surface area contributed by atoms with Crippen molar-refractivity contribution in [3.8, 4) is 5.13 Å². The van der Waals surface area contributed by atoms with E-state index in [1.165, 1.54) is 23.0 Å². The monoisotopic (exact) mass is 407 g/mol. The summed E-state index contributed by atoms with van der Waals surface area (Å²) in [4.78, 5) is -0.0564. The van der Waals surface area contributed by atoms with Crippen molar-refractivity contribution in [2.75, 3.05) is 0 Å². The van der Waals surface area contributed by atoms with Crippen LogP contribution in [0.3, 0.4) is 0 Å². The van der Waals surface area contributed by atoms with Gasteiger partial charge in [0.05, 0.1) is 21.6 Å². The molecule has 3 aromatic rings. The fraction of sp³-hybridized carbons (Fsp3) is 0.308. The number of rotatable bonds is 5. The molecule has 0 radical (unpaired) electrons. The largest absolute Gasteiger partial charge is 0.291 e. The molecule has 7 nitrogen and oxygen atoms in total. The summed E-state index contributed by atoms with van der Waals surface area (Å²) in [6.45, 7) is 3.38. The van der Waals surface area contributed by atoms with Crippen LogP contribution in [0.4, 0.5) is 8.78 Å². The van der Waals surface area contributed by atoms with E-state index in [0.717, 1.165) is 0 Å². The summed E-state index contributed by atoms with van der Waals surface area (Å²) >= 11 is 6.83. The van der Waals surface area contributed by atoms with Crippen molar-refractivity contribution >= 4 is 43.9 Å². The first kappa shape index (κ1) is 18.1. The summed E-state index contributed by atoms with van der Waals surface area (Å²) in [5.41, 5.74) is 0.327. The van der Waals surface area contributed by atoms with Gasteiger partial charge < -0.3 is 0 Å². The molecule has 0 aliphatic heterocycles. The van der Waals surface area contributed by atoms with Crippen LogP contribution in [0.15, 0.2) is 23.2 Å². The maximum absolute atomic E-state index is 12.7. The van der Waals surface area contributed by atoms with E-state index in [9.17, 15) is 17.2 Å². The Labute approximate surface area is 150 Å². The zero-order chi connectivity index (χ0) is 18.4. The molecule has 0 bridgehead atoms. The Kier molecular flexibility index (Phi) is 4.75. The highest BCUT2D eigenvalue weighted by Crippen LogP contribution is 2.31. The van der Waals surface area contributed by atoms with Crippen molar-refractivity contribution in [2.45, 2.75) is 31.2 Å². The summed E-state index contributed by atoms with van der Waals surface area (Å²) < 4.78 is 53.9. The lowest BCUT2D eigenvalue weighted by Gasteiger charge is -2.10. The predicted octanol–water partition coefficient (Wildman–Crippen LogP) is 3.15. The minimum Gasteiger partial charge on any atom is -0.209 e. The van der Waals surface area contributed by atoms with E-state index in [-0.39, 0.29) is 21.1 Å². The van der Waals surface area contributed by atoms with Crippen molar-refractivity contribution < 1.29 is 17.2 Å². The number of halogens is 3. The lowest BCUT2D eigenvalue weighted by molar-refractivity contribution is 0.150. The molecule has 0 unspecified atom stereocenters. The molecule has 0 saturated heterocycles. The first-order chi connectivity index (χ1) is 11.7. The number of sulfonamides is 1. The van der Waals surface area contributed by atoms with Gasteiger partial charge in [0.2, 0.25) is 15.2 Å². The van der Waals surface area contributed by atoms with Gasteiger partial charge in [-0.3, -0.25) is 0 Å². The highest BCUT2D eigenvalue weighted by molar-refractivity contribution is 7.89. The lowest BCUT2D eigenvalue weighted by Crippen LogP contribution is -2.30. The quantitative estimate of drug-likeness (QED) is 0.701. The Morgan fingerprint density at radius 3 is 2.60 bits per heavy atom. The van der Waals surface area contributed by atoms with E-state index in [2.05, 4.69) is 20.0 Å². The summed E-state index contributed by atoms with van der Waals surface area (Å²) in [6.07, 6.45) is -1.34. The molecule has 2 heterocycles. The fourth-order valence-electron chi connectivity index (χ4n) is 2.15. The number of alkyl halides is 2. The van der Waals surface area contributed by atoms with Crippen molar-refractivity contribution in [1.82, 2.24) is 24.7 Å². The number of nitrogens with zero attached hydrogens (tertiary/aromatic N) is 4. The Morgan fingerprint density at radius 1 is 1.28 bits per heavy atom. The van der Waals surface area contributed by atoms with Crippen LogP contribution in [0.5, 0.6) is 0 Å². The number of hydrogen-bond donors (Lipinski definition) is 1. The average Bonchev–Trinajstić information content (AvgIpc) is 3.11. The molecule has 0 saturated carbocycles. The highest BCUT2D eigenvalue weighted by atomic mass is 35.5. The van der Waals surface area contributed by atoms with E-state index in [1.54, 1.807) is 13.8 Å². The molecule has 0 spiro atoms. The maximum Gasteiger partial charge on any atom is 0.291 e. The molecule has 25 heavy (non-hydrogen) atoms. The van der Waals surface area contributed by atoms with Gasteiger partial charge in [-0.05, 0) is 26.0 Å². The third kappa shape index (κ3) is 3.50. The highest BCUT2D eigenvalue weighted by Gasteiger charge is 2.21. The minimum atomic E-state index is -3.79. The SMILES string of the molecule is CC(C)NS(=O)(=O)c1cc(Cl)c2cnn(-c3nnc(C(F)F)s3)c2c1. The molecule has 0 fully saturated rings. The second-order valence-electron chi connectivity index (χ2n) is 5.39. The van der Waals surface area contributed by atoms with Crippen LogP contribution in [0.25, 0.3) is 16.0 Å². The summed E-state index contributed by atoms with van der Waals surface area (Å²) in [7, 11) is -3.79. The Morgan fingerprint density at radius 2 is 2.00 bits per heavy atom. The van der Waals surface area contributed by atoms with Gasteiger partial charge >= 0.3 is 0 Å². The van der Waals surface area contributed by atoms with Crippen LogP contribution < -0.4 is 4.72 Å². The molecular formula is C13H12ClF2N5O2S2. The van der Waals surface area contributed by atoms with Crippen molar-refractivity contribution in [1.29, 1.82) is 0 Å². The first-order valence-corrected chi connectivity index (χ1v) is 9.68. The van der Waals surface area contributed by atoms with Gasteiger partial charge in [0.15, 0.2) is 5.01 Å². The first-order valence-electron chi connectivity index (χ1n) is 7.00. The second kappa shape index (κ2) is 6.56. The van der Waals surface area contributed by atoms with Gasteiger partial charge in [-0.1, -0.05) is 22.9 Å². The number of nitrogens with one attached hydrogen (secondary N) is 1. The van der Waals surface area contributed by atoms with Crippen molar-refractivity contribution in [3.05, 3.63) is 28.4 Å². The second-order valence-corrected chi connectivity index (χ2v) is 8.50. The van der Waals surface area contributed by atoms with Crippen LogP contribution in [0, 0.1) is 0 Å². The summed E-state index contributed by atoms with van der Waals surface area (Å²) in [6, 6.07) is 2.37. The van der Waals surface area contributed by atoms with E-state index in [1.807, 2.05) is 0 Å². The normalized spacial score (nSPS) is 12.6. The number of benzene rings is 1. The summed E-state index contributed by atoms with van der Waals surface area (Å²) in [5.74, 6) is 0. The number of hydrogen-bond acceptors (Lipinski definition) is 6. The van der Waals surface area contributed by atoms with E-state index >= 15 is 0 Å². The van der Waals surface area contributed by atoms with Crippen LogP contribution in [0.1, 0.15) is 25.3 Å². The smallest absolute Gasteiger partial charge is 0.209 e. The van der Waals surface area contributed by atoms with Crippen LogP contribution in [-0.4, -0.2) is 34.4 Å². The average molecular weight is 408 g/mol. The van der Waals surface area contributed by atoms with E-state index < -0.39 is 21.5 Å². The van der Waals surface area contributed by atoms with Gasteiger partial charge in [-0.25, -0.2) is 26.6 Å². The molecular weight excluding hydrogens is 396 g/mol. The standard InChI is InChI=1S/C13H12ClF2N5O2S2/c1-6(2)20-25(22,23)7-3-9(14)8-5-17-21(10(8)4-7)13-19-18-12(24-13)11(15)16/h3-6,11,20H,1-2H3. The Hall–Kier alpha value is -1.69. The number of fused-ring (bicyclic) bond motifs is 1. The molecule has 2 aromatic heterocycles. The van der Waals surface area contributed by atoms with Gasteiger partial charge in [-0.15, -0.1) is 10.2 Å². The van der Waals surface area contributed by atoms with E-state index in [4.69, 9.17) is 11.6 Å². The zero-order valence-electron chi connectivity index (χ0n) is 12.9. The zero-order valence-corrected chi connectivity index (χ0v) is 15.3. The van der Waals surface area contributed by atoms with Crippen LogP contribution in [-0.2, 0) is 10.0 Å². The minimum absolute atomic E-state index is 0.0564. The Bertz CT molecular complexity index is 1030. The molecule has 0 aliphatic carbocycles. The fourth-order valence-corrected chi connectivity index (χ4v) is 4.44.